The lowest BCUT2D eigenvalue weighted by atomic mass is 10.3. The number of imidazole rings is 1. The van der Waals surface area contributed by atoms with Crippen molar-refractivity contribution < 1.29 is 0 Å². The topological polar surface area (TPSA) is 63.6 Å². The van der Waals surface area contributed by atoms with Crippen LogP contribution in [0.1, 0.15) is 5.82 Å². The maximum atomic E-state index is 11.6. The number of nitrogens with one attached hydrogen (secondary N) is 1. The first kappa shape index (κ1) is 12.3. The number of para-hydroxylation sites is 1. The molecule has 3 rings (SSSR count). The molecule has 0 unspecified atom stereocenters. The number of hydrogen-bond acceptors (Lipinski definition) is 3. The molecule has 2 aromatic heterocycles. The van der Waals surface area contributed by atoms with Gasteiger partial charge in [-0.25, -0.2) is 9.97 Å². The maximum absolute atomic E-state index is 11.6. The Balaban J connectivity index is 0.00000120. The van der Waals surface area contributed by atoms with Gasteiger partial charge in [0.25, 0.3) is 5.56 Å². The summed E-state index contributed by atoms with van der Waals surface area (Å²) >= 11 is 0. The summed E-state index contributed by atoms with van der Waals surface area (Å²) in [6.07, 6.45) is 1.39. The Morgan fingerprint density at radius 2 is 1.94 bits per heavy atom. The van der Waals surface area contributed by atoms with Crippen LogP contribution >= 0.6 is 12.4 Å². The van der Waals surface area contributed by atoms with Crippen LogP contribution in [0.2, 0.25) is 0 Å². The molecule has 6 heteroatoms. The molecule has 0 aliphatic rings. The Hall–Kier alpha value is -2.14. The molecule has 18 heavy (non-hydrogen) atoms. The molecular weight excluding hydrogens is 252 g/mol. The zero-order valence-electron chi connectivity index (χ0n) is 9.62. The van der Waals surface area contributed by atoms with Crippen LogP contribution in [-0.4, -0.2) is 19.5 Å². The third kappa shape index (κ3) is 1.78. The van der Waals surface area contributed by atoms with E-state index in [0.717, 1.165) is 11.5 Å². The molecule has 0 fully saturated rings. The largest absolute Gasteiger partial charge is 0.311 e. The van der Waals surface area contributed by atoms with E-state index >= 15 is 0 Å². The molecule has 0 amide bonds. The number of H-pyrrole nitrogens is 1. The quantitative estimate of drug-likeness (QED) is 0.728. The highest BCUT2D eigenvalue weighted by molar-refractivity contribution is 5.85. The average Bonchev–Trinajstić information content (AvgIpc) is 2.68. The van der Waals surface area contributed by atoms with Gasteiger partial charge in [0.05, 0.1) is 6.33 Å². The zero-order valence-corrected chi connectivity index (χ0v) is 10.4. The monoisotopic (exact) mass is 262 g/mol. The SMILES string of the molecule is Cc1nc2c(=O)[nH]cnc2n1-c1ccccc1.Cl. The number of rotatable bonds is 1. The summed E-state index contributed by atoms with van der Waals surface area (Å²) in [4.78, 5) is 22.6. The fraction of sp³-hybridized carbons (Fsp3) is 0.0833. The van der Waals surface area contributed by atoms with Crippen LogP contribution in [0.25, 0.3) is 16.9 Å². The molecule has 0 atom stereocenters. The predicted octanol–water partition coefficient (Wildman–Crippen LogP) is 1.84. The molecule has 0 aliphatic carbocycles. The van der Waals surface area contributed by atoms with Crippen molar-refractivity contribution >= 4 is 23.6 Å². The highest BCUT2D eigenvalue weighted by Crippen LogP contribution is 2.16. The van der Waals surface area contributed by atoms with Gasteiger partial charge in [-0.3, -0.25) is 9.36 Å². The average molecular weight is 263 g/mol. The summed E-state index contributed by atoms with van der Waals surface area (Å²) in [5, 5.41) is 0. The van der Waals surface area contributed by atoms with Gasteiger partial charge in [-0.1, -0.05) is 18.2 Å². The second kappa shape index (κ2) is 4.62. The fourth-order valence-electron chi connectivity index (χ4n) is 1.90. The molecule has 0 radical (unpaired) electrons. The third-order valence-corrected chi connectivity index (χ3v) is 2.63. The van der Waals surface area contributed by atoms with Crippen molar-refractivity contribution in [1.82, 2.24) is 19.5 Å². The summed E-state index contributed by atoms with van der Waals surface area (Å²) < 4.78 is 1.87. The van der Waals surface area contributed by atoms with Gasteiger partial charge in [-0.05, 0) is 19.1 Å². The fourth-order valence-corrected chi connectivity index (χ4v) is 1.90. The van der Waals surface area contributed by atoms with Crippen molar-refractivity contribution in [3.8, 4) is 5.69 Å². The van der Waals surface area contributed by atoms with Crippen molar-refractivity contribution in [1.29, 1.82) is 0 Å². The first-order valence-corrected chi connectivity index (χ1v) is 5.25. The van der Waals surface area contributed by atoms with Crippen LogP contribution < -0.4 is 5.56 Å². The van der Waals surface area contributed by atoms with Crippen molar-refractivity contribution in [2.75, 3.05) is 0 Å². The molecule has 3 aromatic rings. The van der Waals surface area contributed by atoms with E-state index in [-0.39, 0.29) is 18.0 Å². The van der Waals surface area contributed by atoms with E-state index in [1.807, 2.05) is 41.8 Å². The number of nitrogens with zero attached hydrogens (tertiary/aromatic N) is 3. The lowest BCUT2D eigenvalue weighted by Crippen LogP contribution is -2.07. The van der Waals surface area contributed by atoms with Gasteiger partial charge in [0, 0.05) is 5.69 Å². The Bertz CT molecular complexity index is 733. The number of halogens is 1. The van der Waals surface area contributed by atoms with E-state index in [0.29, 0.717) is 11.2 Å². The Morgan fingerprint density at radius 1 is 1.22 bits per heavy atom. The van der Waals surface area contributed by atoms with Gasteiger partial charge in [0.15, 0.2) is 11.2 Å². The van der Waals surface area contributed by atoms with Gasteiger partial charge >= 0.3 is 0 Å². The molecule has 2 heterocycles. The summed E-state index contributed by atoms with van der Waals surface area (Å²) in [6.45, 7) is 1.86. The van der Waals surface area contributed by atoms with Crippen molar-refractivity contribution in [2.45, 2.75) is 6.92 Å². The summed E-state index contributed by atoms with van der Waals surface area (Å²) in [5.41, 5.74) is 1.68. The second-order valence-corrected chi connectivity index (χ2v) is 3.73. The van der Waals surface area contributed by atoms with Crippen molar-refractivity contribution in [3.63, 3.8) is 0 Å². The second-order valence-electron chi connectivity index (χ2n) is 3.73. The maximum Gasteiger partial charge on any atom is 0.278 e. The van der Waals surface area contributed by atoms with Crippen LogP contribution in [0.15, 0.2) is 41.5 Å². The number of hydrogen-bond donors (Lipinski definition) is 1. The lowest BCUT2D eigenvalue weighted by molar-refractivity contribution is 0.985. The van der Waals surface area contributed by atoms with Crippen LogP contribution in [0.5, 0.6) is 0 Å². The van der Waals surface area contributed by atoms with Gasteiger partial charge in [-0.2, -0.15) is 0 Å². The molecule has 0 saturated heterocycles. The van der Waals surface area contributed by atoms with E-state index in [4.69, 9.17) is 0 Å². The summed E-state index contributed by atoms with van der Waals surface area (Å²) in [7, 11) is 0. The van der Waals surface area contributed by atoms with E-state index in [9.17, 15) is 4.79 Å². The van der Waals surface area contributed by atoms with E-state index in [1.165, 1.54) is 6.33 Å². The Kier molecular flexibility index (Phi) is 3.16. The van der Waals surface area contributed by atoms with E-state index in [1.54, 1.807) is 0 Å². The number of fused-ring (bicyclic) bond motifs is 1. The molecule has 92 valence electrons. The van der Waals surface area contributed by atoms with Crippen LogP contribution in [0.3, 0.4) is 0 Å². The Morgan fingerprint density at radius 3 is 2.67 bits per heavy atom. The van der Waals surface area contributed by atoms with Gasteiger partial charge in [-0.15, -0.1) is 12.4 Å². The van der Waals surface area contributed by atoms with Gasteiger partial charge in [0.2, 0.25) is 0 Å². The van der Waals surface area contributed by atoms with Crippen LogP contribution in [-0.2, 0) is 0 Å². The highest BCUT2D eigenvalue weighted by Gasteiger charge is 2.12. The highest BCUT2D eigenvalue weighted by atomic mass is 35.5. The molecule has 1 N–H and O–H groups in total. The van der Waals surface area contributed by atoms with Crippen molar-refractivity contribution in [3.05, 3.63) is 52.8 Å². The van der Waals surface area contributed by atoms with Gasteiger partial charge in [0.1, 0.15) is 5.82 Å². The van der Waals surface area contributed by atoms with Crippen LogP contribution in [0.4, 0.5) is 0 Å². The Labute approximate surface area is 109 Å². The minimum absolute atomic E-state index is 0. The minimum atomic E-state index is -0.215. The normalized spacial score (nSPS) is 10.3. The number of aromatic amines is 1. The summed E-state index contributed by atoms with van der Waals surface area (Å²) in [6, 6.07) is 9.73. The number of aryl methyl sites for hydroxylation is 1. The lowest BCUT2D eigenvalue weighted by Gasteiger charge is -2.04. The molecule has 0 bridgehead atoms. The molecule has 0 spiro atoms. The van der Waals surface area contributed by atoms with Crippen LogP contribution in [0, 0.1) is 6.92 Å². The molecular formula is C12H11ClN4O. The first-order chi connectivity index (χ1) is 8.27. The van der Waals surface area contributed by atoms with Crippen molar-refractivity contribution in [2.24, 2.45) is 0 Å². The molecule has 1 aromatic carbocycles. The smallest absolute Gasteiger partial charge is 0.278 e. The van der Waals surface area contributed by atoms with E-state index in [2.05, 4.69) is 15.0 Å². The molecule has 0 saturated carbocycles. The number of aromatic nitrogens is 4. The van der Waals surface area contributed by atoms with Gasteiger partial charge < -0.3 is 4.98 Å². The number of benzene rings is 1. The first-order valence-electron chi connectivity index (χ1n) is 5.25. The third-order valence-electron chi connectivity index (χ3n) is 2.63. The molecule has 0 aliphatic heterocycles. The summed E-state index contributed by atoms with van der Waals surface area (Å²) in [5.74, 6) is 0.746. The minimum Gasteiger partial charge on any atom is -0.311 e. The van der Waals surface area contributed by atoms with E-state index < -0.39 is 0 Å². The molecule has 5 nitrogen and oxygen atoms in total. The standard InChI is InChI=1S/C12H10N4O.ClH/c1-8-15-10-11(13-7-14-12(10)17)16(8)9-5-3-2-4-6-9;/h2-7H,1H3,(H,13,14,17);1H. The zero-order chi connectivity index (χ0) is 11.8. The predicted molar refractivity (Wildman–Crippen MR) is 71.5 cm³/mol.